The van der Waals surface area contributed by atoms with Crippen LogP contribution < -0.4 is 9.80 Å². The highest BCUT2D eigenvalue weighted by Gasteiger charge is 2.41. The summed E-state index contributed by atoms with van der Waals surface area (Å²) in [4.78, 5) is 30.2. The van der Waals surface area contributed by atoms with E-state index in [2.05, 4.69) is 0 Å². The van der Waals surface area contributed by atoms with E-state index >= 15 is 0 Å². The van der Waals surface area contributed by atoms with Gasteiger partial charge in [0.15, 0.2) is 5.76 Å². The van der Waals surface area contributed by atoms with E-state index in [4.69, 9.17) is 4.42 Å². The van der Waals surface area contributed by atoms with Crippen molar-refractivity contribution >= 4 is 23.2 Å². The summed E-state index contributed by atoms with van der Waals surface area (Å²) in [7, 11) is 0. The van der Waals surface area contributed by atoms with Gasteiger partial charge in [0.2, 0.25) is 5.91 Å². The SMILES string of the molecule is CC(=O)N(c1ccccc1)C1CC(c2ccccc2)N(C(=O)c2ccco2)c2ccccc21. The number of hydrogen-bond acceptors (Lipinski definition) is 3. The second kappa shape index (κ2) is 8.79. The lowest BCUT2D eigenvalue weighted by atomic mass is 9.86. The predicted octanol–water partition coefficient (Wildman–Crippen LogP) is 6.17. The number of amides is 2. The molecule has 2 amide bonds. The Morgan fingerprint density at radius 1 is 0.848 bits per heavy atom. The molecule has 1 aliphatic heterocycles. The third-order valence-electron chi connectivity index (χ3n) is 6.13. The number of carbonyl (C=O) groups excluding carboxylic acids is 2. The lowest BCUT2D eigenvalue weighted by Crippen LogP contribution is -2.44. The van der Waals surface area contributed by atoms with E-state index in [1.807, 2.05) is 94.7 Å². The Hall–Kier alpha value is -4.12. The van der Waals surface area contributed by atoms with Gasteiger partial charge in [0, 0.05) is 12.6 Å². The molecule has 0 saturated heterocycles. The quantitative estimate of drug-likeness (QED) is 0.385. The fourth-order valence-corrected chi connectivity index (χ4v) is 4.74. The lowest BCUT2D eigenvalue weighted by molar-refractivity contribution is -0.117. The maximum absolute atomic E-state index is 13.6. The molecule has 1 aromatic heterocycles. The van der Waals surface area contributed by atoms with E-state index in [1.165, 1.54) is 6.26 Å². The number of rotatable bonds is 4. The van der Waals surface area contributed by atoms with Crippen LogP contribution in [0.2, 0.25) is 0 Å². The van der Waals surface area contributed by atoms with Gasteiger partial charge < -0.3 is 9.32 Å². The minimum atomic E-state index is -0.269. The van der Waals surface area contributed by atoms with E-state index in [1.54, 1.807) is 19.1 Å². The van der Waals surface area contributed by atoms with Crippen molar-refractivity contribution in [3.8, 4) is 0 Å². The zero-order valence-electron chi connectivity index (χ0n) is 18.3. The van der Waals surface area contributed by atoms with Crippen LogP contribution in [0.4, 0.5) is 11.4 Å². The van der Waals surface area contributed by atoms with Crippen molar-refractivity contribution in [2.24, 2.45) is 0 Å². The summed E-state index contributed by atoms with van der Waals surface area (Å²) in [5.74, 6) is 0.0446. The number of fused-ring (bicyclic) bond motifs is 1. The molecule has 2 heterocycles. The molecule has 0 spiro atoms. The Labute approximate surface area is 192 Å². The number of hydrogen-bond donors (Lipinski definition) is 0. The molecule has 5 rings (SSSR count). The second-order valence-electron chi connectivity index (χ2n) is 8.11. The van der Waals surface area contributed by atoms with Crippen LogP contribution in [0.1, 0.15) is 47.1 Å². The first-order valence-corrected chi connectivity index (χ1v) is 11.0. The van der Waals surface area contributed by atoms with Gasteiger partial charge in [0.1, 0.15) is 0 Å². The van der Waals surface area contributed by atoms with Crippen LogP contribution in [0.25, 0.3) is 0 Å². The minimum absolute atomic E-state index is 0.0429. The Balaban J connectivity index is 1.69. The molecule has 5 heteroatoms. The molecule has 33 heavy (non-hydrogen) atoms. The first-order valence-electron chi connectivity index (χ1n) is 11.0. The summed E-state index contributed by atoms with van der Waals surface area (Å²) >= 11 is 0. The predicted molar refractivity (Wildman–Crippen MR) is 128 cm³/mol. The molecule has 2 atom stereocenters. The number of nitrogens with zero attached hydrogens (tertiary/aromatic N) is 2. The van der Waals surface area contributed by atoms with Crippen molar-refractivity contribution in [3.05, 3.63) is 120 Å². The molecular weight excluding hydrogens is 412 g/mol. The van der Waals surface area contributed by atoms with Gasteiger partial charge in [-0.1, -0.05) is 66.7 Å². The third kappa shape index (κ3) is 3.82. The van der Waals surface area contributed by atoms with E-state index in [0.29, 0.717) is 6.42 Å². The van der Waals surface area contributed by atoms with Gasteiger partial charge in [-0.05, 0) is 47.9 Å². The van der Waals surface area contributed by atoms with Crippen molar-refractivity contribution in [2.45, 2.75) is 25.4 Å². The molecule has 2 unspecified atom stereocenters. The van der Waals surface area contributed by atoms with Crippen LogP contribution >= 0.6 is 0 Å². The zero-order valence-corrected chi connectivity index (χ0v) is 18.3. The van der Waals surface area contributed by atoms with Gasteiger partial charge in [-0.15, -0.1) is 0 Å². The number of carbonyl (C=O) groups is 2. The highest BCUT2D eigenvalue weighted by Crippen LogP contribution is 2.47. The molecular formula is C28H24N2O3. The van der Waals surface area contributed by atoms with Crippen LogP contribution in [-0.2, 0) is 4.79 Å². The van der Waals surface area contributed by atoms with Crippen LogP contribution in [0.15, 0.2) is 108 Å². The zero-order chi connectivity index (χ0) is 22.8. The molecule has 0 aliphatic carbocycles. The molecule has 164 valence electrons. The van der Waals surface area contributed by atoms with Gasteiger partial charge in [0.25, 0.3) is 5.91 Å². The smallest absolute Gasteiger partial charge is 0.294 e. The van der Waals surface area contributed by atoms with Crippen LogP contribution in [-0.4, -0.2) is 11.8 Å². The van der Waals surface area contributed by atoms with Crippen molar-refractivity contribution in [1.82, 2.24) is 0 Å². The van der Waals surface area contributed by atoms with Crippen LogP contribution in [0, 0.1) is 0 Å². The summed E-state index contributed by atoms with van der Waals surface area (Å²) in [6.45, 7) is 1.59. The Bertz CT molecular complexity index is 1250. The summed E-state index contributed by atoms with van der Waals surface area (Å²) in [6, 6.07) is 30.4. The molecule has 0 fully saturated rings. The van der Waals surface area contributed by atoms with Crippen molar-refractivity contribution < 1.29 is 14.0 Å². The van der Waals surface area contributed by atoms with Crippen LogP contribution in [0.5, 0.6) is 0 Å². The average molecular weight is 437 g/mol. The van der Waals surface area contributed by atoms with Crippen molar-refractivity contribution in [1.29, 1.82) is 0 Å². The summed E-state index contributed by atoms with van der Waals surface area (Å²) < 4.78 is 5.47. The fraction of sp³-hybridized carbons (Fsp3) is 0.143. The largest absolute Gasteiger partial charge is 0.459 e. The molecule has 1 aliphatic rings. The average Bonchev–Trinajstić information content (AvgIpc) is 3.40. The topological polar surface area (TPSA) is 53.8 Å². The molecule has 0 radical (unpaired) electrons. The highest BCUT2D eigenvalue weighted by molar-refractivity contribution is 6.06. The maximum Gasteiger partial charge on any atom is 0.294 e. The lowest BCUT2D eigenvalue weighted by Gasteiger charge is -2.44. The van der Waals surface area contributed by atoms with Gasteiger partial charge in [-0.3, -0.25) is 14.5 Å². The van der Waals surface area contributed by atoms with Crippen molar-refractivity contribution in [3.63, 3.8) is 0 Å². The maximum atomic E-state index is 13.6. The minimum Gasteiger partial charge on any atom is -0.459 e. The fourth-order valence-electron chi connectivity index (χ4n) is 4.74. The second-order valence-corrected chi connectivity index (χ2v) is 8.11. The van der Waals surface area contributed by atoms with E-state index < -0.39 is 0 Å². The normalized spacial score (nSPS) is 17.3. The highest BCUT2D eigenvalue weighted by atomic mass is 16.3. The summed E-state index contributed by atoms with van der Waals surface area (Å²) in [5, 5.41) is 0. The Morgan fingerprint density at radius 3 is 2.18 bits per heavy atom. The number of anilines is 2. The van der Waals surface area contributed by atoms with E-state index in [0.717, 1.165) is 22.5 Å². The Kier molecular flexibility index (Phi) is 5.53. The van der Waals surface area contributed by atoms with Crippen LogP contribution in [0.3, 0.4) is 0 Å². The van der Waals surface area contributed by atoms with Gasteiger partial charge in [0.05, 0.1) is 24.0 Å². The van der Waals surface area contributed by atoms with E-state index in [-0.39, 0.29) is 29.7 Å². The van der Waals surface area contributed by atoms with Gasteiger partial charge in [-0.2, -0.15) is 0 Å². The standard InChI is InChI=1S/C28H24N2O3/c1-20(31)29(22-13-6-3-7-14-22)26-19-25(21-11-4-2-5-12-21)30(24-16-9-8-15-23(24)26)28(32)27-17-10-18-33-27/h2-18,25-26H,19H2,1H3. The third-order valence-corrected chi connectivity index (χ3v) is 6.13. The van der Waals surface area contributed by atoms with Gasteiger partial charge >= 0.3 is 0 Å². The first-order chi connectivity index (χ1) is 16.1. The van der Waals surface area contributed by atoms with E-state index in [9.17, 15) is 9.59 Å². The molecule has 3 aromatic carbocycles. The monoisotopic (exact) mass is 436 g/mol. The molecule has 0 bridgehead atoms. The summed E-state index contributed by atoms with van der Waals surface area (Å²) in [6.07, 6.45) is 2.07. The molecule has 0 saturated carbocycles. The molecule has 0 N–H and O–H groups in total. The van der Waals surface area contributed by atoms with Gasteiger partial charge in [-0.25, -0.2) is 0 Å². The Morgan fingerprint density at radius 2 is 1.52 bits per heavy atom. The first kappa shape index (κ1) is 20.8. The van der Waals surface area contributed by atoms with Crippen molar-refractivity contribution in [2.75, 3.05) is 9.80 Å². The number of benzene rings is 3. The molecule has 4 aromatic rings. The summed E-state index contributed by atoms with van der Waals surface area (Å²) in [5.41, 5.74) is 3.56. The number of para-hydroxylation sites is 2. The molecule has 5 nitrogen and oxygen atoms in total. The number of furan rings is 1.